The topological polar surface area (TPSA) is 139 Å². The van der Waals surface area contributed by atoms with Gasteiger partial charge in [0.15, 0.2) is 0 Å². The first kappa shape index (κ1) is 30.6. The first-order valence-corrected chi connectivity index (χ1v) is 17.8. The summed E-state index contributed by atoms with van der Waals surface area (Å²) in [5.41, 5.74) is 1.12. The summed E-state index contributed by atoms with van der Waals surface area (Å²) in [5.74, 6) is 0.866. The molecule has 0 saturated carbocycles. The molecule has 0 aliphatic heterocycles. The molecule has 2 N–H and O–H groups in total. The smallest absolute Gasteiger partial charge is 0.245 e. The van der Waals surface area contributed by atoms with E-state index in [0.29, 0.717) is 35.5 Å². The molecule has 0 bridgehead atoms. The van der Waals surface area contributed by atoms with Crippen molar-refractivity contribution in [1.82, 2.24) is 24.2 Å². The van der Waals surface area contributed by atoms with E-state index in [2.05, 4.69) is 44.9 Å². The summed E-state index contributed by atoms with van der Waals surface area (Å²) in [6.07, 6.45) is 4.06. The third-order valence-corrected chi connectivity index (χ3v) is 9.48. The molecular formula is C26H38N6O5SSi. The van der Waals surface area contributed by atoms with Gasteiger partial charge in [-0.25, -0.2) is 23.4 Å². The highest BCUT2D eigenvalue weighted by Crippen LogP contribution is 2.24. The molecule has 0 fully saturated rings. The summed E-state index contributed by atoms with van der Waals surface area (Å²) in [6.45, 7) is 11.2. The van der Waals surface area contributed by atoms with E-state index in [1.807, 2.05) is 0 Å². The highest BCUT2D eigenvalue weighted by Gasteiger charge is 2.25. The number of H-pyrrole nitrogens is 1. The van der Waals surface area contributed by atoms with Crippen LogP contribution < -0.4 is 5.32 Å². The maximum absolute atomic E-state index is 13.3. The standard InChI is InChI=1S/C26H38N6O5SSi/c1-26(2,18-33)24-28-17-23(30-24)22-11-12-27-25(31-22)29-20-7-9-21(10-8-20)38(34,35)32(13-14-36-3)19-37-15-16-39(4,5)6/h7-12,17-18H,13-16,19H2,1-6H3,(H,28,30)(H,27,29,31). The molecule has 11 nitrogen and oxygen atoms in total. The first-order valence-electron chi connectivity index (χ1n) is 12.6. The molecule has 0 atom stereocenters. The van der Waals surface area contributed by atoms with E-state index >= 15 is 0 Å². The number of ether oxygens (including phenoxy) is 2. The number of rotatable bonds is 15. The molecule has 2 aromatic heterocycles. The molecule has 13 heteroatoms. The predicted molar refractivity (Wildman–Crippen MR) is 153 cm³/mol. The zero-order valence-electron chi connectivity index (χ0n) is 23.4. The second kappa shape index (κ2) is 12.9. The summed E-state index contributed by atoms with van der Waals surface area (Å²) >= 11 is 0. The molecular weight excluding hydrogens is 536 g/mol. The molecule has 2 heterocycles. The van der Waals surface area contributed by atoms with Gasteiger partial charge in [0, 0.05) is 40.2 Å². The molecule has 1 aromatic carbocycles. The number of sulfonamides is 1. The van der Waals surface area contributed by atoms with Gasteiger partial charge in [-0.05, 0) is 50.2 Å². The van der Waals surface area contributed by atoms with E-state index in [9.17, 15) is 13.2 Å². The summed E-state index contributed by atoms with van der Waals surface area (Å²) in [6, 6.07) is 9.06. The van der Waals surface area contributed by atoms with Crippen molar-refractivity contribution in [2.24, 2.45) is 0 Å². The molecule has 0 amide bonds. The van der Waals surface area contributed by atoms with Gasteiger partial charge < -0.3 is 24.6 Å². The van der Waals surface area contributed by atoms with E-state index < -0.39 is 23.5 Å². The average Bonchev–Trinajstić information content (AvgIpc) is 3.40. The van der Waals surface area contributed by atoms with Crippen LogP contribution in [-0.4, -0.2) is 80.6 Å². The van der Waals surface area contributed by atoms with Crippen molar-refractivity contribution in [2.45, 2.75) is 49.8 Å². The molecule has 0 saturated heterocycles. The van der Waals surface area contributed by atoms with Gasteiger partial charge in [-0.1, -0.05) is 19.6 Å². The van der Waals surface area contributed by atoms with E-state index in [1.54, 1.807) is 44.4 Å². The summed E-state index contributed by atoms with van der Waals surface area (Å²) in [4.78, 5) is 27.7. The zero-order chi connectivity index (χ0) is 28.7. The molecule has 212 valence electrons. The number of methoxy groups -OCH3 is 1. The quantitative estimate of drug-likeness (QED) is 0.119. The number of hydrogen-bond acceptors (Lipinski definition) is 9. The summed E-state index contributed by atoms with van der Waals surface area (Å²) < 4.78 is 38.8. The van der Waals surface area contributed by atoms with Crippen LogP contribution >= 0.6 is 0 Å². The van der Waals surface area contributed by atoms with E-state index in [0.717, 1.165) is 12.3 Å². The Morgan fingerprint density at radius 2 is 1.82 bits per heavy atom. The fourth-order valence-electron chi connectivity index (χ4n) is 3.38. The number of carbonyl (C=O) groups is 1. The molecule has 0 unspecified atom stereocenters. The lowest BCUT2D eigenvalue weighted by Crippen LogP contribution is -2.36. The minimum Gasteiger partial charge on any atom is -0.383 e. The third-order valence-electron chi connectivity index (χ3n) is 5.94. The molecule has 39 heavy (non-hydrogen) atoms. The Labute approximate surface area is 231 Å². The number of imidazole rings is 1. The van der Waals surface area contributed by atoms with E-state index in [1.165, 1.54) is 23.5 Å². The molecule has 0 aliphatic rings. The van der Waals surface area contributed by atoms with Crippen LogP contribution in [0.5, 0.6) is 0 Å². The maximum atomic E-state index is 13.3. The summed E-state index contributed by atoms with van der Waals surface area (Å²) in [5, 5.41) is 3.10. The number of carbonyl (C=O) groups excluding carboxylic acids is 1. The molecule has 0 spiro atoms. The van der Waals surface area contributed by atoms with Crippen LogP contribution in [0.15, 0.2) is 47.6 Å². The Morgan fingerprint density at radius 1 is 1.10 bits per heavy atom. The third kappa shape index (κ3) is 8.50. The van der Waals surface area contributed by atoms with Crippen LogP contribution in [0, 0.1) is 0 Å². The lowest BCUT2D eigenvalue weighted by Gasteiger charge is -2.23. The number of nitrogens with zero attached hydrogens (tertiary/aromatic N) is 4. The van der Waals surface area contributed by atoms with Crippen molar-refractivity contribution in [3.8, 4) is 11.4 Å². The van der Waals surface area contributed by atoms with Crippen molar-refractivity contribution in [3.63, 3.8) is 0 Å². The van der Waals surface area contributed by atoms with Crippen molar-refractivity contribution in [2.75, 3.05) is 38.9 Å². The predicted octanol–water partition coefficient (Wildman–Crippen LogP) is 4.04. The second-order valence-corrected chi connectivity index (χ2v) is 18.5. The molecule has 0 radical (unpaired) electrons. The molecule has 3 aromatic rings. The fraction of sp³-hybridized carbons (Fsp3) is 0.462. The number of benzene rings is 1. The number of aromatic nitrogens is 4. The van der Waals surface area contributed by atoms with E-state index in [4.69, 9.17) is 9.47 Å². The van der Waals surface area contributed by atoms with Gasteiger partial charge in [0.2, 0.25) is 16.0 Å². The van der Waals surface area contributed by atoms with Crippen LogP contribution in [0.1, 0.15) is 19.7 Å². The van der Waals surface area contributed by atoms with Crippen molar-refractivity contribution >= 4 is 36.0 Å². The zero-order valence-corrected chi connectivity index (χ0v) is 25.2. The number of hydrogen-bond donors (Lipinski definition) is 2. The van der Waals surface area contributed by atoms with Crippen LogP contribution in [0.4, 0.5) is 11.6 Å². The van der Waals surface area contributed by atoms with Gasteiger partial charge in [-0.15, -0.1) is 0 Å². The Balaban J connectivity index is 1.71. The highest BCUT2D eigenvalue weighted by atomic mass is 32.2. The van der Waals surface area contributed by atoms with Gasteiger partial charge in [-0.3, -0.25) is 0 Å². The monoisotopic (exact) mass is 574 g/mol. The maximum Gasteiger partial charge on any atom is 0.245 e. The van der Waals surface area contributed by atoms with Gasteiger partial charge >= 0.3 is 0 Å². The molecule has 3 rings (SSSR count). The average molecular weight is 575 g/mol. The summed E-state index contributed by atoms with van der Waals surface area (Å²) in [7, 11) is -3.54. The minimum absolute atomic E-state index is 0.0316. The van der Waals surface area contributed by atoms with Gasteiger partial charge in [0.25, 0.3) is 0 Å². The normalized spacial score (nSPS) is 12.6. The Kier molecular flexibility index (Phi) is 10.1. The Bertz CT molecular complexity index is 1340. The van der Waals surface area contributed by atoms with Crippen LogP contribution in [0.2, 0.25) is 25.7 Å². The van der Waals surface area contributed by atoms with Crippen molar-refractivity contribution in [1.29, 1.82) is 0 Å². The Morgan fingerprint density at radius 3 is 2.46 bits per heavy atom. The highest BCUT2D eigenvalue weighted by molar-refractivity contribution is 7.89. The fourth-order valence-corrected chi connectivity index (χ4v) is 5.45. The second-order valence-electron chi connectivity index (χ2n) is 10.9. The molecule has 0 aliphatic carbocycles. The van der Waals surface area contributed by atoms with E-state index in [-0.39, 0.29) is 24.8 Å². The largest absolute Gasteiger partial charge is 0.383 e. The number of anilines is 2. The first-order chi connectivity index (χ1) is 18.4. The van der Waals surface area contributed by atoms with Crippen LogP contribution in [-0.2, 0) is 29.7 Å². The van der Waals surface area contributed by atoms with Gasteiger partial charge in [0.1, 0.15) is 18.8 Å². The minimum atomic E-state index is -3.79. The van der Waals surface area contributed by atoms with Gasteiger partial charge in [-0.2, -0.15) is 4.31 Å². The SMILES string of the molecule is COCCN(COCC[Si](C)(C)C)S(=O)(=O)c1ccc(Nc2nccc(-c3cnc(C(C)(C)C=O)[nH]3)n2)cc1. The van der Waals surface area contributed by atoms with Gasteiger partial charge in [0.05, 0.1) is 34.5 Å². The van der Waals surface area contributed by atoms with Crippen LogP contribution in [0.3, 0.4) is 0 Å². The van der Waals surface area contributed by atoms with Crippen molar-refractivity contribution < 1.29 is 22.7 Å². The lowest BCUT2D eigenvalue weighted by molar-refractivity contribution is -0.111. The Hall–Kier alpha value is -2.97. The number of nitrogens with one attached hydrogen (secondary N) is 2. The lowest BCUT2D eigenvalue weighted by atomic mass is 9.95. The number of aldehydes is 1. The van der Waals surface area contributed by atoms with Crippen LogP contribution in [0.25, 0.3) is 11.4 Å². The van der Waals surface area contributed by atoms with Crippen molar-refractivity contribution in [3.05, 3.63) is 48.5 Å². The number of aromatic amines is 1.